The van der Waals surface area contributed by atoms with E-state index < -0.39 is 5.60 Å². The summed E-state index contributed by atoms with van der Waals surface area (Å²) >= 11 is 0. The lowest BCUT2D eigenvalue weighted by Crippen LogP contribution is -2.49. The van der Waals surface area contributed by atoms with Crippen LogP contribution in [-0.4, -0.2) is 36.5 Å². The molecule has 5 heteroatoms. The Hall–Kier alpha value is -1.59. The number of benzene rings is 1. The maximum absolute atomic E-state index is 12.3. The minimum atomic E-state index is -0.842. The molecule has 2 unspecified atom stereocenters. The number of rotatable bonds is 3. The molecule has 1 heterocycles. The van der Waals surface area contributed by atoms with Gasteiger partial charge in [0.15, 0.2) is 0 Å². The molecule has 1 aliphatic heterocycles. The van der Waals surface area contributed by atoms with Crippen molar-refractivity contribution in [2.75, 3.05) is 19.8 Å². The Bertz CT molecular complexity index is 582. The molecule has 126 valence electrons. The predicted octanol–water partition coefficient (Wildman–Crippen LogP) is 2.07. The van der Waals surface area contributed by atoms with Crippen LogP contribution in [0.3, 0.4) is 0 Å². The molecule has 2 amide bonds. The molecule has 0 spiro atoms. The van der Waals surface area contributed by atoms with Crippen molar-refractivity contribution in [2.45, 2.75) is 44.8 Å². The second kappa shape index (κ2) is 6.49. The lowest BCUT2D eigenvalue weighted by Gasteiger charge is -2.32. The van der Waals surface area contributed by atoms with Crippen LogP contribution in [0, 0.1) is 12.8 Å². The summed E-state index contributed by atoms with van der Waals surface area (Å²) in [5.74, 6) is 0.378. The van der Waals surface area contributed by atoms with E-state index in [1.54, 1.807) is 0 Å². The van der Waals surface area contributed by atoms with Gasteiger partial charge in [-0.3, -0.25) is 0 Å². The van der Waals surface area contributed by atoms with Crippen LogP contribution in [0.4, 0.5) is 4.79 Å². The highest BCUT2D eigenvalue weighted by Crippen LogP contribution is 2.36. The van der Waals surface area contributed by atoms with Crippen LogP contribution in [0.5, 0.6) is 0 Å². The third kappa shape index (κ3) is 3.67. The van der Waals surface area contributed by atoms with Gasteiger partial charge in [0.25, 0.3) is 0 Å². The highest BCUT2D eigenvalue weighted by Gasteiger charge is 2.33. The van der Waals surface area contributed by atoms with Crippen LogP contribution >= 0.6 is 0 Å². The average molecular weight is 318 g/mol. The van der Waals surface area contributed by atoms with E-state index in [1.165, 1.54) is 16.7 Å². The highest BCUT2D eigenvalue weighted by atomic mass is 16.5. The lowest BCUT2D eigenvalue weighted by atomic mass is 9.94. The number of urea groups is 1. The van der Waals surface area contributed by atoms with E-state index in [0.717, 1.165) is 6.42 Å². The second-order valence-electron chi connectivity index (χ2n) is 7.03. The standard InChI is InChI=1S/C18H26N2O3/c1-12-3-4-14-10-13(2)16(15(14)9-12)20-17(21)19-11-18(22)5-7-23-8-6-18/h3-4,9,13,16,22H,5-8,10-11H2,1-2H3,(H2,19,20,21). The molecule has 3 rings (SSSR count). The van der Waals surface area contributed by atoms with Crippen molar-refractivity contribution in [3.8, 4) is 0 Å². The van der Waals surface area contributed by atoms with Gasteiger partial charge in [-0.1, -0.05) is 30.7 Å². The van der Waals surface area contributed by atoms with E-state index in [0.29, 0.717) is 32.0 Å². The van der Waals surface area contributed by atoms with Gasteiger partial charge in [0.05, 0.1) is 11.6 Å². The fourth-order valence-corrected chi connectivity index (χ4v) is 3.55. The molecule has 5 nitrogen and oxygen atoms in total. The number of hydrogen-bond acceptors (Lipinski definition) is 3. The molecule has 1 aromatic rings. The molecule has 23 heavy (non-hydrogen) atoms. The van der Waals surface area contributed by atoms with Crippen molar-refractivity contribution in [3.05, 3.63) is 34.9 Å². The fourth-order valence-electron chi connectivity index (χ4n) is 3.55. The van der Waals surface area contributed by atoms with Crippen molar-refractivity contribution in [1.82, 2.24) is 10.6 Å². The topological polar surface area (TPSA) is 70.6 Å². The third-order valence-electron chi connectivity index (χ3n) is 5.04. The fraction of sp³-hybridized carbons (Fsp3) is 0.611. The summed E-state index contributed by atoms with van der Waals surface area (Å²) in [7, 11) is 0. The van der Waals surface area contributed by atoms with Gasteiger partial charge in [-0.05, 0) is 30.4 Å². The number of nitrogens with one attached hydrogen (secondary N) is 2. The SMILES string of the molecule is Cc1ccc2c(c1)C(NC(=O)NCC1(O)CCOCC1)C(C)C2. The van der Waals surface area contributed by atoms with Gasteiger partial charge >= 0.3 is 6.03 Å². The maximum atomic E-state index is 12.3. The van der Waals surface area contributed by atoms with Crippen LogP contribution in [-0.2, 0) is 11.2 Å². The minimum Gasteiger partial charge on any atom is -0.388 e. The summed E-state index contributed by atoms with van der Waals surface area (Å²) in [4.78, 5) is 12.3. The Kier molecular flexibility index (Phi) is 4.60. The van der Waals surface area contributed by atoms with Gasteiger partial charge in [0.2, 0.25) is 0 Å². The first kappa shape index (κ1) is 16.3. The summed E-state index contributed by atoms with van der Waals surface area (Å²) < 4.78 is 5.26. The molecule has 3 N–H and O–H groups in total. The molecule has 1 aromatic carbocycles. The molecule has 2 atom stereocenters. The van der Waals surface area contributed by atoms with E-state index in [9.17, 15) is 9.90 Å². The summed E-state index contributed by atoms with van der Waals surface area (Å²) in [6.45, 7) is 5.59. The summed E-state index contributed by atoms with van der Waals surface area (Å²) in [6, 6.07) is 6.26. The zero-order chi connectivity index (χ0) is 16.4. The number of carbonyl (C=O) groups excluding carboxylic acids is 1. The third-order valence-corrected chi connectivity index (χ3v) is 5.04. The van der Waals surface area contributed by atoms with Crippen LogP contribution in [0.1, 0.15) is 42.5 Å². The quantitative estimate of drug-likeness (QED) is 0.799. The van der Waals surface area contributed by atoms with Crippen LogP contribution in [0.2, 0.25) is 0 Å². The second-order valence-corrected chi connectivity index (χ2v) is 7.03. The molecule has 1 fully saturated rings. The number of carbonyl (C=O) groups is 1. The van der Waals surface area contributed by atoms with E-state index in [4.69, 9.17) is 4.74 Å². The smallest absolute Gasteiger partial charge is 0.315 e. The Morgan fingerprint density at radius 3 is 2.87 bits per heavy atom. The molecule has 0 radical (unpaired) electrons. The van der Waals surface area contributed by atoms with E-state index in [1.807, 2.05) is 0 Å². The number of aliphatic hydroxyl groups is 1. The molecular formula is C18H26N2O3. The van der Waals surface area contributed by atoms with Gasteiger partial charge in [0, 0.05) is 32.6 Å². The average Bonchev–Trinajstić information content (AvgIpc) is 2.82. The van der Waals surface area contributed by atoms with E-state index in [-0.39, 0.29) is 18.6 Å². The number of ether oxygens (including phenoxy) is 1. The van der Waals surface area contributed by atoms with E-state index >= 15 is 0 Å². The molecule has 0 saturated carbocycles. The van der Waals surface area contributed by atoms with Crippen molar-refractivity contribution >= 4 is 6.03 Å². The summed E-state index contributed by atoms with van der Waals surface area (Å²) in [6.07, 6.45) is 2.12. The molecule has 0 bridgehead atoms. The summed E-state index contributed by atoms with van der Waals surface area (Å²) in [5, 5.41) is 16.3. The van der Waals surface area contributed by atoms with Gasteiger partial charge in [-0.25, -0.2) is 4.79 Å². The first-order valence-electron chi connectivity index (χ1n) is 8.41. The maximum Gasteiger partial charge on any atom is 0.315 e. The molecule has 1 saturated heterocycles. The number of fused-ring (bicyclic) bond motifs is 1. The van der Waals surface area contributed by atoms with E-state index in [2.05, 4.69) is 42.7 Å². The van der Waals surface area contributed by atoms with Gasteiger partial charge in [-0.15, -0.1) is 0 Å². The van der Waals surface area contributed by atoms with Gasteiger partial charge in [0.1, 0.15) is 0 Å². The predicted molar refractivity (Wildman–Crippen MR) is 88.3 cm³/mol. The van der Waals surface area contributed by atoms with Crippen molar-refractivity contribution < 1.29 is 14.6 Å². The van der Waals surface area contributed by atoms with Gasteiger partial charge < -0.3 is 20.5 Å². The number of amides is 2. The van der Waals surface area contributed by atoms with Crippen LogP contribution < -0.4 is 10.6 Å². The van der Waals surface area contributed by atoms with Crippen molar-refractivity contribution in [2.24, 2.45) is 5.92 Å². The Balaban J connectivity index is 1.59. The summed E-state index contributed by atoms with van der Waals surface area (Å²) in [5.41, 5.74) is 2.90. The minimum absolute atomic E-state index is 0.0363. The van der Waals surface area contributed by atoms with Crippen LogP contribution in [0.15, 0.2) is 18.2 Å². The monoisotopic (exact) mass is 318 g/mol. The lowest BCUT2D eigenvalue weighted by molar-refractivity contribution is -0.0600. The molecular weight excluding hydrogens is 292 g/mol. The van der Waals surface area contributed by atoms with Crippen LogP contribution in [0.25, 0.3) is 0 Å². The van der Waals surface area contributed by atoms with Crippen molar-refractivity contribution in [1.29, 1.82) is 0 Å². The first-order chi connectivity index (χ1) is 11.0. The largest absolute Gasteiger partial charge is 0.388 e. The first-order valence-corrected chi connectivity index (χ1v) is 8.41. The van der Waals surface area contributed by atoms with Gasteiger partial charge in [-0.2, -0.15) is 0 Å². The Labute approximate surface area is 137 Å². The zero-order valence-electron chi connectivity index (χ0n) is 13.9. The van der Waals surface area contributed by atoms with Crippen molar-refractivity contribution in [3.63, 3.8) is 0 Å². The molecule has 2 aliphatic rings. The Morgan fingerprint density at radius 2 is 2.13 bits per heavy atom. The number of aryl methyl sites for hydroxylation is 1. The normalized spacial score (nSPS) is 25.7. The Morgan fingerprint density at radius 1 is 1.39 bits per heavy atom. The zero-order valence-corrected chi connectivity index (χ0v) is 13.9. The number of hydrogen-bond donors (Lipinski definition) is 3. The highest BCUT2D eigenvalue weighted by molar-refractivity contribution is 5.74. The molecule has 1 aliphatic carbocycles. The molecule has 0 aromatic heterocycles.